The molecule has 0 saturated heterocycles. The van der Waals surface area contributed by atoms with Crippen LogP contribution in [0, 0.1) is 12.8 Å². The van der Waals surface area contributed by atoms with E-state index in [0.29, 0.717) is 13.1 Å². The summed E-state index contributed by atoms with van der Waals surface area (Å²) in [4.78, 5) is 15.0. The van der Waals surface area contributed by atoms with Crippen LogP contribution in [-0.2, 0) is 11.3 Å². The SMILES string of the molecule is Cc1nc(CNCC(C)C(N)=O)cs1. The number of hydrogen-bond acceptors (Lipinski definition) is 4. The lowest BCUT2D eigenvalue weighted by atomic mass is 10.2. The van der Waals surface area contributed by atoms with Gasteiger partial charge in [-0.3, -0.25) is 4.79 Å². The highest BCUT2D eigenvalue weighted by molar-refractivity contribution is 7.09. The summed E-state index contributed by atoms with van der Waals surface area (Å²) >= 11 is 1.63. The fourth-order valence-corrected chi connectivity index (χ4v) is 1.62. The number of carbonyl (C=O) groups is 1. The van der Waals surface area contributed by atoms with Gasteiger partial charge in [-0.05, 0) is 6.92 Å². The van der Waals surface area contributed by atoms with Crippen LogP contribution in [0.2, 0.25) is 0 Å². The van der Waals surface area contributed by atoms with Gasteiger partial charge in [0.15, 0.2) is 0 Å². The Kier molecular flexibility index (Phi) is 4.03. The first-order chi connectivity index (χ1) is 6.59. The molecule has 0 bridgehead atoms. The molecule has 0 radical (unpaired) electrons. The third-order valence-corrected chi connectivity index (χ3v) is 2.73. The van der Waals surface area contributed by atoms with Gasteiger partial charge in [0, 0.05) is 24.4 Å². The van der Waals surface area contributed by atoms with Gasteiger partial charge in [0.25, 0.3) is 0 Å². The van der Waals surface area contributed by atoms with Crippen molar-refractivity contribution < 1.29 is 4.79 Å². The number of nitrogens with one attached hydrogen (secondary N) is 1. The van der Waals surface area contributed by atoms with Crippen LogP contribution in [0.25, 0.3) is 0 Å². The maximum absolute atomic E-state index is 10.7. The molecule has 78 valence electrons. The van der Waals surface area contributed by atoms with E-state index in [9.17, 15) is 4.79 Å². The van der Waals surface area contributed by atoms with Crippen LogP contribution in [0.1, 0.15) is 17.6 Å². The Bertz CT molecular complexity index is 311. The summed E-state index contributed by atoms with van der Waals surface area (Å²) in [5, 5.41) is 6.21. The van der Waals surface area contributed by atoms with Gasteiger partial charge in [-0.15, -0.1) is 11.3 Å². The molecule has 0 aliphatic rings. The van der Waals surface area contributed by atoms with Crippen molar-refractivity contribution in [1.29, 1.82) is 0 Å². The minimum absolute atomic E-state index is 0.130. The van der Waals surface area contributed by atoms with Crippen molar-refractivity contribution in [1.82, 2.24) is 10.3 Å². The van der Waals surface area contributed by atoms with E-state index in [1.54, 1.807) is 11.3 Å². The molecule has 0 aliphatic carbocycles. The molecule has 1 aromatic rings. The third-order valence-electron chi connectivity index (χ3n) is 1.91. The second-order valence-corrected chi connectivity index (χ2v) is 4.35. The summed E-state index contributed by atoms with van der Waals surface area (Å²) in [5.74, 6) is -0.401. The second-order valence-electron chi connectivity index (χ2n) is 3.29. The van der Waals surface area contributed by atoms with E-state index in [0.717, 1.165) is 10.7 Å². The summed E-state index contributed by atoms with van der Waals surface area (Å²) in [5.41, 5.74) is 6.14. The van der Waals surface area contributed by atoms with Crippen LogP contribution in [-0.4, -0.2) is 17.4 Å². The molecule has 1 amide bonds. The number of hydrogen-bond donors (Lipinski definition) is 2. The summed E-state index contributed by atoms with van der Waals surface area (Å²) in [6, 6.07) is 0. The molecule has 0 aromatic carbocycles. The summed E-state index contributed by atoms with van der Waals surface area (Å²) in [7, 11) is 0. The molecule has 1 atom stereocenters. The molecule has 0 spiro atoms. The van der Waals surface area contributed by atoms with Crippen LogP contribution in [0.3, 0.4) is 0 Å². The Morgan fingerprint density at radius 2 is 2.50 bits per heavy atom. The molecule has 1 rings (SSSR count). The van der Waals surface area contributed by atoms with E-state index in [4.69, 9.17) is 5.73 Å². The molecular weight excluding hydrogens is 198 g/mol. The average molecular weight is 213 g/mol. The predicted octanol–water partition coefficient (Wildman–Crippen LogP) is 0.663. The first-order valence-electron chi connectivity index (χ1n) is 4.50. The van der Waals surface area contributed by atoms with Crippen molar-refractivity contribution in [3.05, 3.63) is 16.1 Å². The summed E-state index contributed by atoms with van der Waals surface area (Å²) in [6.45, 7) is 5.08. The van der Waals surface area contributed by atoms with E-state index in [1.807, 2.05) is 19.2 Å². The molecule has 0 aliphatic heterocycles. The quantitative estimate of drug-likeness (QED) is 0.755. The zero-order valence-corrected chi connectivity index (χ0v) is 9.23. The van der Waals surface area contributed by atoms with E-state index >= 15 is 0 Å². The number of aryl methyl sites for hydroxylation is 1. The van der Waals surface area contributed by atoms with Crippen LogP contribution in [0.15, 0.2) is 5.38 Å². The third kappa shape index (κ3) is 3.43. The van der Waals surface area contributed by atoms with E-state index in [1.165, 1.54) is 0 Å². The van der Waals surface area contributed by atoms with Crippen molar-refractivity contribution in [3.8, 4) is 0 Å². The normalized spacial score (nSPS) is 12.7. The maximum atomic E-state index is 10.7. The largest absolute Gasteiger partial charge is 0.369 e. The summed E-state index contributed by atoms with van der Waals surface area (Å²) in [6.07, 6.45) is 0. The Morgan fingerprint density at radius 3 is 3.00 bits per heavy atom. The molecule has 1 unspecified atom stereocenters. The first kappa shape index (κ1) is 11.1. The lowest BCUT2D eigenvalue weighted by molar-refractivity contribution is -0.121. The number of carbonyl (C=O) groups excluding carboxylic acids is 1. The monoisotopic (exact) mass is 213 g/mol. The standard InChI is InChI=1S/C9H15N3OS/c1-6(9(10)13)3-11-4-8-5-14-7(2)12-8/h5-6,11H,3-4H2,1-2H3,(H2,10,13). The highest BCUT2D eigenvalue weighted by Crippen LogP contribution is 2.07. The van der Waals surface area contributed by atoms with Gasteiger partial charge in [-0.1, -0.05) is 6.92 Å². The highest BCUT2D eigenvalue weighted by atomic mass is 32.1. The first-order valence-corrected chi connectivity index (χ1v) is 5.38. The smallest absolute Gasteiger partial charge is 0.221 e. The van der Waals surface area contributed by atoms with Crippen molar-refractivity contribution in [2.75, 3.05) is 6.54 Å². The Balaban J connectivity index is 2.25. The number of aromatic nitrogens is 1. The lowest BCUT2D eigenvalue weighted by Crippen LogP contribution is -2.30. The molecular formula is C9H15N3OS. The average Bonchev–Trinajstić information content (AvgIpc) is 2.51. The molecule has 14 heavy (non-hydrogen) atoms. The Morgan fingerprint density at radius 1 is 1.79 bits per heavy atom. The molecule has 5 heteroatoms. The minimum atomic E-state index is -0.271. The highest BCUT2D eigenvalue weighted by Gasteiger charge is 2.07. The van der Waals surface area contributed by atoms with Gasteiger partial charge in [-0.25, -0.2) is 4.98 Å². The number of amides is 1. The van der Waals surface area contributed by atoms with E-state index in [-0.39, 0.29) is 11.8 Å². The van der Waals surface area contributed by atoms with Gasteiger partial charge >= 0.3 is 0 Å². The molecule has 4 nitrogen and oxygen atoms in total. The summed E-state index contributed by atoms with van der Waals surface area (Å²) < 4.78 is 0. The molecule has 3 N–H and O–H groups in total. The van der Waals surface area contributed by atoms with Gasteiger partial charge in [-0.2, -0.15) is 0 Å². The Labute approximate surface area is 87.5 Å². The van der Waals surface area contributed by atoms with Crippen molar-refractivity contribution in [2.45, 2.75) is 20.4 Å². The molecule has 1 aromatic heterocycles. The fourth-order valence-electron chi connectivity index (χ4n) is 1.01. The zero-order valence-electron chi connectivity index (χ0n) is 8.41. The van der Waals surface area contributed by atoms with Crippen molar-refractivity contribution in [3.63, 3.8) is 0 Å². The van der Waals surface area contributed by atoms with E-state index in [2.05, 4.69) is 10.3 Å². The van der Waals surface area contributed by atoms with Crippen molar-refractivity contribution >= 4 is 17.2 Å². The topological polar surface area (TPSA) is 68.0 Å². The maximum Gasteiger partial charge on any atom is 0.221 e. The lowest BCUT2D eigenvalue weighted by Gasteiger charge is -2.07. The van der Waals surface area contributed by atoms with Gasteiger partial charge < -0.3 is 11.1 Å². The number of nitrogens with two attached hydrogens (primary N) is 1. The number of thiazole rings is 1. The van der Waals surface area contributed by atoms with E-state index < -0.39 is 0 Å². The number of nitrogens with zero attached hydrogens (tertiary/aromatic N) is 1. The van der Waals surface area contributed by atoms with Crippen LogP contribution < -0.4 is 11.1 Å². The number of primary amides is 1. The minimum Gasteiger partial charge on any atom is -0.369 e. The van der Waals surface area contributed by atoms with Gasteiger partial charge in [0.05, 0.1) is 10.7 Å². The predicted molar refractivity (Wildman–Crippen MR) is 56.9 cm³/mol. The van der Waals surface area contributed by atoms with Gasteiger partial charge in [0.2, 0.25) is 5.91 Å². The number of rotatable bonds is 5. The fraction of sp³-hybridized carbons (Fsp3) is 0.556. The molecule has 0 fully saturated rings. The van der Waals surface area contributed by atoms with Crippen LogP contribution in [0.4, 0.5) is 0 Å². The zero-order chi connectivity index (χ0) is 10.6. The Hall–Kier alpha value is -0.940. The van der Waals surface area contributed by atoms with Crippen LogP contribution in [0.5, 0.6) is 0 Å². The second kappa shape index (κ2) is 5.07. The van der Waals surface area contributed by atoms with Crippen LogP contribution >= 0.6 is 11.3 Å². The molecule has 0 saturated carbocycles. The molecule has 1 heterocycles. The van der Waals surface area contributed by atoms with Crippen molar-refractivity contribution in [2.24, 2.45) is 11.7 Å². The van der Waals surface area contributed by atoms with Gasteiger partial charge in [0.1, 0.15) is 0 Å².